The van der Waals surface area contributed by atoms with Crippen molar-refractivity contribution in [3.8, 4) is 11.5 Å². The molecule has 0 saturated carbocycles. The lowest BCUT2D eigenvalue weighted by molar-refractivity contribution is -0.149. The number of rotatable bonds is 8. The van der Waals surface area contributed by atoms with Crippen molar-refractivity contribution in [2.75, 3.05) is 25.6 Å². The van der Waals surface area contributed by atoms with Gasteiger partial charge in [0.15, 0.2) is 24.7 Å². The number of nitrogens with one attached hydrogen (secondary N) is 1. The first-order valence-corrected chi connectivity index (χ1v) is 8.21. The van der Waals surface area contributed by atoms with Gasteiger partial charge in [0, 0.05) is 11.3 Å². The summed E-state index contributed by atoms with van der Waals surface area (Å²) in [6, 6.07) is 10.1. The summed E-state index contributed by atoms with van der Waals surface area (Å²) in [5, 5.41) is 2.66. The lowest BCUT2D eigenvalue weighted by Gasteiger charge is -2.11. The topological polar surface area (TPSA) is 90.9 Å². The Hall–Kier alpha value is -3.35. The Labute approximate surface area is 157 Å². The van der Waals surface area contributed by atoms with E-state index in [4.69, 9.17) is 14.2 Å². The van der Waals surface area contributed by atoms with Gasteiger partial charge < -0.3 is 19.5 Å². The van der Waals surface area contributed by atoms with Crippen LogP contribution in [0.3, 0.4) is 0 Å². The van der Waals surface area contributed by atoms with E-state index in [1.54, 1.807) is 6.07 Å². The maximum absolute atomic E-state index is 11.9. The van der Waals surface area contributed by atoms with Crippen molar-refractivity contribution in [2.24, 2.45) is 0 Å². The molecule has 0 saturated heterocycles. The number of methoxy groups -OCH3 is 1. The van der Waals surface area contributed by atoms with E-state index in [2.05, 4.69) is 5.32 Å². The Balaban J connectivity index is 1.81. The van der Waals surface area contributed by atoms with Crippen LogP contribution in [-0.4, -0.2) is 38.5 Å². The highest BCUT2D eigenvalue weighted by Crippen LogP contribution is 2.27. The van der Waals surface area contributed by atoms with E-state index in [9.17, 15) is 14.4 Å². The number of hydrogen-bond donors (Lipinski definition) is 1. The number of ether oxygens (including phenoxy) is 3. The van der Waals surface area contributed by atoms with Crippen LogP contribution in [0.2, 0.25) is 0 Å². The molecule has 7 heteroatoms. The van der Waals surface area contributed by atoms with Gasteiger partial charge in [-0.3, -0.25) is 9.59 Å². The van der Waals surface area contributed by atoms with Gasteiger partial charge in [-0.25, -0.2) is 4.79 Å². The van der Waals surface area contributed by atoms with E-state index >= 15 is 0 Å². The van der Waals surface area contributed by atoms with E-state index in [1.165, 1.54) is 25.3 Å². The third-order valence-corrected chi connectivity index (χ3v) is 3.82. The number of benzene rings is 2. The number of carbonyl (C=O) groups excluding carboxylic acids is 3. The van der Waals surface area contributed by atoms with Crippen molar-refractivity contribution >= 4 is 23.9 Å². The quantitative estimate of drug-likeness (QED) is 0.567. The van der Waals surface area contributed by atoms with Crippen LogP contribution in [0.4, 0.5) is 5.69 Å². The summed E-state index contributed by atoms with van der Waals surface area (Å²) in [6.45, 7) is 3.10. The summed E-state index contributed by atoms with van der Waals surface area (Å²) in [5.74, 6) is -0.536. The molecule has 0 bridgehead atoms. The van der Waals surface area contributed by atoms with Crippen LogP contribution in [0.25, 0.3) is 0 Å². The maximum Gasteiger partial charge on any atom is 0.344 e. The van der Waals surface area contributed by atoms with Crippen molar-refractivity contribution in [3.05, 3.63) is 53.1 Å². The smallest absolute Gasteiger partial charge is 0.344 e. The summed E-state index contributed by atoms with van der Waals surface area (Å²) in [5.41, 5.74) is 3.22. The number of amides is 1. The summed E-state index contributed by atoms with van der Waals surface area (Å²) in [4.78, 5) is 34.4. The van der Waals surface area contributed by atoms with Crippen molar-refractivity contribution in [1.82, 2.24) is 0 Å². The van der Waals surface area contributed by atoms with Crippen LogP contribution < -0.4 is 14.8 Å². The van der Waals surface area contributed by atoms with Gasteiger partial charge in [0.05, 0.1) is 7.11 Å². The molecule has 1 N–H and O–H groups in total. The summed E-state index contributed by atoms with van der Waals surface area (Å²) < 4.78 is 15.3. The minimum Gasteiger partial charge on any atom is -0.493 e. The molecule has 0 aliphatic heterocycles. The van der Waals surface area contributed by atoms with Crippen LogP contribution in [0.15, 0.2) is 36.4 Å². The van der Waals surface area contributed by atoms with Gasteiger partial charge >= 0.3 is 5.97 Å². The van der Waals surface area contributed by atoms with Crippen LogP contribution in [-0.2, 0) is 14.3 Å². The fraction of sp³-hybridized carbons (Fsp3) is 0.250. The van der Waals surface area contributed by atoms with Crippen LogP contribution >= 0.6 is 0 Å². The second-order valence-electron chi connectivity index (χ2n) is 5.82. The number of anilines is 1. The maximum atomic E-state index is 11.9. The molecule has 2 aromatic rings. The molecule has 0 aliphatic carbocycles. The van der Waals surface area contributed by atoms with Gasteiger partial charge in [0.2, 0.25) is 0 Å². The van der Waals surface area contributed by atoms with Crippen LogP contribution in [0.5, 0.6) is 11.5 Å². The van der Waals surface area contributed by atoms with Crippen molar-refractivity contribution < 1.29 is 28.6 Å². The number of hydrogen-bond acceptors (Lipinski definition) is 6. The minimum absolute atomic E-state index is 0.291. The van der Waals surface area contributed by atoms with Gasteiger partial charge in [-0.15, -0.1) is 0 Å². The molecule has 2 rings (SSSR count). The third-order valence-electron chi connectivity index (χ3n) is 3.82. The Morgan fingerprint density at radius 2 is 1.78 bits per heavy atom. The average molecular weight is 371 g/mol. The first-order valence-electron chi connectivity index (χ1n) is 8.21. The molecule has 1 amide bonds. The monoisotopic (exact) mass is 371 g/mol. The standard InChI is InChI=1S/C20H21NO6/c1-13-4-6-16(8-14(13)2)21-19(23)11-27-20(24)12-26-17-7-5-15(10-22)9-18(17)25-3/h4-10H,11-12H2,1-3H3,(H,21,23). The Bertz CT molecular complexity index is 846. The molecule has 0 fully saturated rings. The predicted octanol–water partition coefficient (Wildman–Crippen LogP) is 2.69. The molecule has 0 unspecified atom stereocenters. The highest BCUT2D eigenvalue weighted by Gasteiger charge is 2.12. The minimum atomic E-state index is -0.702. The fourth-order valence-electron chi connectivity index (χ4n) is 2.22. The molecule has 0 heterocycles. The molecular weight excluding hydrogens is 350 g/mol. The van der Waals surface area contributed by atoms with E-state index in [-0.39, 0.29) is 0 Å². The van der Waals surface area contributed by atoms with Crippen molar-refractivity contribution in [3.63, 3.8) is 0 Å². The summed E-state index contributed by atoms with van der Waals surface area (Å²) >= 11 is 0. The SMILES string of the molecule is COc1cc(C=O)ccc1OCC(=O)OCC(=O)Nc1ccc(C)c(C)c1. The van der Waals surface area contributed by atoms with Gasteiger partial charge in [0.1, 0.15) is 6.29 Å². The lowest BCUT2D eigenvalue weighted by Crippen LogP contribution is -2.23. The van der Waals surface area contributed by atoms with E-state index in [0.717, 1.165) is 11.1 Å². The van der Waals surface area contributed by atoms with Gasteiger partial charge in [-0.2, -0.15) is 0 Å². The average Bonchev–Trinajstić information content (AvgIpc) is 2.67. The summed E-state index contributed by atoms with van der Waals surface area (Å²) in [7, 11) is 1.42. The van der Waals surface area contributed by atoms with Crippen molar-refractivity contribution in [2.45, 2.75) is 13.8 Å². The molecule has 0 radical (unpaired) electrons. The Kier molecular flexibility index (Phi) is 6.93. The van der Waals surface area contributed by atoms with Gasteiger partial charge in [0.25, 0.3) is 5.91 Å². The number of aldehydes is 1. The predicted molar refractivity (Wildman–Crippen MR) is 99.4 cm³/mol. The second kappa shape index (κ2) is 9.38. The molecule has 0 aliphatic rings. The largest absolute Gasteiger partial charge is 0.493 e. The molecule has 27 heavy (non-hydrogen) atoms. The van der Waals surface area contributed by atoms with Gasteiger partial charge in [-0.05, 0) is 55.3 Å². The molecule has 142 valence electrons. The Morgan fingerprint density at radius 3 is 2.44 bits per heavy atom. The van der Waals surface area contributed by atoms with E-state index in [1.807, 2.05) is 26.0 Å². The highest BCUT2D eigenvalue weighted by atomic mass is 16.6. The van der Waals surface area contributed by atoms with Gasteiger partial charge in [-0.1, -0.05) is 6.07 Å². The van der Waals surface area contributed by atoms with E-state index in [0.29, 0.717) is 29.0 Å². The first kappa shape index (κ1) is 20.0. The molecule has 2 aromatic carbocycles. The number of aryl methyl sites for hydroxylation is 2. The van der Waals surface area contributed by atoms with Crippen LogP contribution in [0.1, 0.15) is 21.5 Å². The van der Waals surface area contributed by atoms with Crippen molar-refractivity contribution in [1.29, 1.82) is 0 Å². The first-order chi connectivity index (χ1) is 12.9. The normalized spacial score (nSPS) is 10.0. The zero-order chi connectivity index (χ0) is 19.8. The third kappa shape index (κ3) is 5.85. The second-order valence-corrected chi connectivity index (χ2v) is 5.82. The lowest BCUT2D eigenvalue weighted by atomic mass is 10.1. The highest BCUT2D eigenvalue weighted by molar-refractivity contribution is 5.93. The zero-order valence-electron chi connectivity index (χ0n) is 15.4. The molecular formula is C20H21NO6. The molecule has 7 nitrogen and oxygen atoms in total. The Morgan fingerprint density at radius 1 is 1.00 bits per heavy atom. The number of carbonyl (C=O) groups is 3. The summed E-state index contributed by atoms with van der Waals surface area (Å²) in [6.07, 6.45) is 0.675. The molecule has 0 aromatic heterocycles. The van der Waals surface area contributed by atoms with Crippen LogP contribution in [0, 0.1) is 13.8 Å². The van der Waals surface area contributed by atoms with E-state index < -0.39 is 25.1 Å². The molecule has 0 spiro atoms. The molecule has 0 atom stereocenters. The fourth-order valence-corrected chi connectivity index (χ4v) is 2.22. The zero-order valence-corrected chi connectivity index (χ0v) is 15.4. The number of esters is 1.